The Kier molecular flexibility index (Phi) is 4.86. The largest absolute Gasteiger partial charge is 0.488 e. The Morgan fingerprint density at radius 2 is 1.75 bits per heavy atom. The fourth-order valence-corrected chi connectivity index (χ4v) is 3.45. The molecule has 1 N–H and O–H groups in total. The number of carbonyl (C=O) groups excluding carboxylic acids is 1. The number of benzene rings is 2. The van der Waals surface area contributed by atoms with Crippen LogP contribution in [0.15, 0.2) is 36.4 Å². The minimum atomic E-state index is -4.62. The maximum absolute atomic E-state index is 14.3. The molecule has 152 valence electrons. The molecule has 2 aromatic carbocycles. The number of carbonyl (C=O) groups is 1. The fourth-order valence-electron chi connectivity index (χ4n) is 3.45. The molecule has 1 amide bonds. The van der Waals surface area contributed by atoms with Crippen LogP contribution in [0, 0.1) is 5.41 Å². The van der Waals surface area contributed by atoms with E-state index in [-0.39, 0.29) is 17.9 Å². The molecule has 1 heterocycles. The molecule has 0 aliphatic carbocycles. The number of fused-ring (bicyclic) bond motifs is 1. The van der Waals surface area contributed by atoms with Crippen molar-refractivity contribution >= 4 is 16.7 Å². The summed E-state index contributed by atoms with van der Waals surface area (Å²) in [5.41, 5.74) is 0.838. The summed E-state index contributed by atoms with van der Waals surface area (Å²) in [4.78, 5) is 12.2. The van der Waals surface area contributed by atoms with E-state index >= 15 is 0 Å². The summed E-state index contributed by atoms with van der Waals surface area (Å²) in [7, 11) is 0. The van der Waals surface area contributed by atoms with Crippen LogP contribution in [0.25, 0.3) is 10.8 Å². The molecule has 0 spiro atoms. The first-order valence-corrected chi connectivity index (χ1v) is 9.15. The van der Waals surface area contributed by atoms with Gasteiger partial charge in [-0.05, 0) is 51.5 Å². The average Bonchev–Trinajstić information content (AvgIpc) is 2.79. The molecule has 2 aromatic rings. The van der Waals surface area contributed by atoms with Gasteiger partial charge in [0, 0.05) is 12.1 Å². The third-order valence-electron chi connectivity index (χ3n) is 4.67. The number of ether oxygens (including phenoxy) is 1. The standard InChI is InChI=1S/C21H25F3N2O2/c1-19(2,3)28-15-11-10-13-8-6-7-9-14(13)16(15)17(21(22,23)24)26-12-20(4,5)18(27)25-26/h6-11,17H,12H2,1-5H3,(H,25,27)/t17-/m0/s1. The number of amides is 1. The Morgan fingerprint density at radius 3 is 2.29 bits per heavy atom. The minimum Gasteiger partial charge on any atom is -0.488 e. The topological polar surface area (TPSA) is 41.6 Å². The molecule has 1 atom stereocenters. The first-order valence-electron chi connectivity index (χ1n) is 9.15. The molecular weight excluding hydrogens is 369 g/mol. The van der Waals surface area contributed by atoms with Gasteiger partial charge in [0.2, 0.25) is 5.91 Å². The van der Waals surface area contributed by atoms with E-state index in [2.05, 4.69) is 5.43 Å². The van der Waals surface area contributed by atoms with Gasteiger partial charge in [-0.15, -0.1) is 0 Å². The van der Waals surface area contributed by atoms with Crippen molar-refractivity contribution in [1.82, 2.24) is 10.4 Å². The summed E-state index contributed by atoms with van der Waals surface area (Å²) < 4.78 is 48.9. The molecule has 0 bridgehead atoms. The summed E-state index contributed by atoms with van der Waals surface area (Å²) in [6, 6.07) is 8.19. The maximum Gasteiger partial charge on any atom is 0.410 e. The van der Waals surface area contributed by atoms with E-state index in [1.54, 1.807) is 71.0 Å². The number of rotatable bonds is 3. The van der Waals surface area contributed by atoms with Crippen LogP contribution in [-0.2, 0) is 4.79 Å². The zero-order valence-corrected chi connectivity index (χ0v) is 16.6. The van der Waals surface area contributed by atoms with Crippen molar-refractivity contribution in [1.29, 1.82) is 0 Å². The highest BCUT2D eigenvalue weighted by molar-refractivity contribution is 5.89. The van der Waals surface area contributed by atoms with Gasteiger partial charge >= 0.3 is 6.18 Å². The average molecular weight is 394 g/mol. The fraction of sp³-hybridized carbons (Fsp3) is 0.476. The van der Waals surface area contributed by atoms with Gasteiger partial charge in [-0.25, -0.2) is 5.01 Å². The second-order valence-corrected chi connectivity index (χ2v) is 8.81. The lowest BCUT2D eigenvalue weighted by Gasteiger charge is -2.33. The lowest BCUT2D eigenvalue weighted by molar-refractivity contribution is -0.191. The molecule has 0 unspecified atom stereocenters. The van der Waals surface area contributed by atoms with Crippen LogP contribution in [0.5, 0.6) is 5.75 Å². The van der Waals surface area contributed by atoms with Crippen LogP contribution in [0.1, 0.15) is 46.2 Å². The molecule has 28 heavy (non-hydrogen) atoms. The molecule has 7 heteroatoms. The van der Waals surface area contributed by atoms with Crippen molar-refractivity contribution in [3.63, 3.8) is 0 Å². The summed E-state index contributed by atoms with van der Waals surface area (Å²) in [5.74, 6) is -0.271. The first kappa shape index (κ1) is 20.5. The van der Waals surface area contributed by atoms with Crippen LogP contribution >= 0.6 is 0 Å². The van der Waals surface area contributed by atoms with Crippen molar-refractivity contribution in [2.75, 3.05) is 6.54 Å². The van der Waals surface area contributed by atoms with E-state index in [0.717, 1.165) is 5.01 Å². The number of halogens is 3. The van der Waals surface area contributed by atoms with Gasteiger partial charge in [-0.1, -0.05) is 30.3 Å². The molecule has 0 radical (unpaired) electrons. The highest BCUT2D eigenvalue weighted by Gasteiger charge is 2.52. The van der Waals surface area contributed by atoms with Gasteiger partial charge in [0.05, 0.1) is 5.41 Å². The van der Waals surface area contributed by atoms with Crippen molar-refractivity contribution in [2.45, 2.75) is 52.4 Å². The Hall–Kier alpha value is -2.28. The van der Waals surface area contributed by atoms with Crippen molar-refractivity contribution in [3.05, 3.63) is 42.0 Å². The smallest absolute Gasteiger partial charge is 0.410 e. The molecule has 0 saturated carbocycles. The zero-order valence-electron chi connectivity index (χ0n) is 16.6. The summed E-state index contributed by atoms with van der Waals surface area (Å²) in [5, 5.41) is 2.11. The zero-order chi connectivity index (χ0) is 20.9. The molecule has 1 aliphatic rings. The molecule has 1 saturated heterocycles. The van der Waals surface area contributed by atoms with Crippen molar-refractivity contribution in [2.24, 2.45) is 5.41 Å². The van der Waals surface area contributed by atoms with Gasteiger partial charge in [0.1, 0.15) is 11.4 Å². The van der Waals surface area contributed by atoms with Gasteiger partial charge < -0.3 is 4.74 Å². The van der Waals surface area contributed by atoms with Crippen LogP contribution in [0.3, 0.4) is 0 Å². The van der Waals surface area contributed by atoms with Gasteiger partial charge in [0.25, 0.3) is 0 Å². The Balaban J connectivity index is 2.24. The molecule has 4 nitrogen and oxygen atoms in total. The molecule has 1 aliphatic heterocycles. The summed E-state index contributed by atoms with van der Waals surface area (Å²) >= 11 is 0. The Morgan fingerprint density at radius 1 is 1.11 bits per heavy atom. The van der Waals surface area contributed by atoms with Crippen molar-refractivity contribution < 1.29 is 22.7 Å². The number of nitrogens with one attached hydrogen (secondary N) is 1. The van der Waals surface area contributed by atoms with Crippen LogP contribution in [0.2, 0.25) is 0 Å². The number of hydrazine groups is 1. The normalized spacial score (nSPS) is 18.9. The number of hydrogen-bond donors (Lipinski definition) is 1. The lowest BCUT2D eigenvalue weighted by atomic mass is 9.92. The highest BCUT2D eigenvalue weighted by Crippen LogP contribution is 2.46. The number of alkyl halides is 3. The molecule has 3 rings (SSSR count). The molecule has 0 aromatic heterocycles. The van der Waals surface area contributed by atoms with E-state index in [4.69, 9.17) is 4.74 Å². The quantitative estimate of drug-likeness (QED) is 0.797. The second-order valence-electron chi connectivity index (χ2n) is 8.81. The highest BCUT2D eigenvalue weighted by atomic mass is 19.4. The van der Waals surface area contributed by atoms with Crippen LogP contribution in [0.4, 0.5) is 13.2 Å². The third kappa shape index (κ3) is 3.94. The lowest BCUT2D eigenvalue weighted by Crippen LogP contribution is -2.44. The van der Waals surface area contributed by atoms with Gasteiger partial charge in [-0.2, -0.15) is 13.2 Å². The van der Waals surface area contributed by atoms with Gasteiger partial charge in [0.15, 0.2) is 6.04 Å². The van der Waals surface area contributed by atoms with E-state index in [9.17, 15) is 18.0 Å². The Bertz CT molecular complexity index is 901. The van der Waals surface area contributed by atoms with E-state index in [1.807, 2.05) is 0 Å². The van der Waals surface area contributed by atoms with Crippen LogP contribution < -0.4 is 10.2 Å². The van der Waals surface area contributed by atoms with E-state index in [1.165, 1.54) is 0 Å². The maximum atomic E-state index is 14.3. The Labute approximate surface area is 162 Å². The predicted molar refractivity (Wildman–Crippen MR) is 102 cm³/mol. The van der Waals surface area contributed by atoms with Gasteiger partial charge in [-0.3, -0.25) is 10.2 Å². The first-order chi connectivity index (χ1) is 12.8. The monoisotopic (exact) mass is 394 g/mol. The van der Waals surface area contributed by atoms with Crippen LogP contribution in [-0.4, -0.2) is 29.2 Å². The molecular formula is C21H25F3N2O2. The number of nitrogens with zero attached hydrogens (tertiary/aromatic N) is 1. The second kappa shape index (κ2) is 6.65. The van der Waals surface area contributed by atoms with E-state index in [0.29, 0.717) is 10.8 Å². The predicted octanol–water partition coefficient (Wildman–Crippen LogP) is 4.99. The summed E-state index contributed by atoms with van der Waals surface area (Å²) in [6.45, 7) is 8.56. The minimum absolute atomic E-state index is 0.0125. The molecule has 1 fully saturated rings. The SMILES string of the molecule is CC(C)(C)Oc1ccc2ccccc2c1[C@H](N1CC(C)(C)C(=O)N1)C(F)(F)F. The summed E-state index contributed by atoms with van der Waals surface area (Å²) in [6.07, 6.45) is -4.62. The third-order valence-corrected chi connectivity index (χ3v) is 4.67. The number of hydrogen-bond acceptors (Lipinski definition) is 3. The van der Waals surface area contributed by atoms with E-state index < -0.39 is 29.1 Å². The van der Waals surface area contributed by atoms with Crippen molar-refractivity contribution in [3.8, 4) is 5.75 Å².